The minimum absolute atomic E-state index is 0.0992. The average molecular weight is 451 g/mol. The number of esters is 1. The quantitative estimate of drug-likeness (QED) is 0.402. The Bertz CT molecular complexity index is 1510. The van der Waals surface area contributed by atoms with Gasteiger partial charge >= 0.3 is 5.97 Å². The zero-order valence-electron chi connectivity index (χ0n) is 17.1. The Morgan fingerprint density at radius 3 is 2.71 bits per heavy atom. The van der Waals surface area contributed by atoms with Crippen molar-refractivity contribution < 1.29 is 9.53 Å². The van der Waals surface area contributed by atoms with Crippen LogP contribution in [0.5, 0.6) is 0 Å². The molecular formula is C22H18N4O3S2. The zero-order valence-corrected chi connectivity index (χ0v) is 18.7. The predicted molar refractivity (Wildman–Crippen MR) is 123 cm³/mol. The lowest BCUT2D eigenvalue weighted by molar-refractivity contribution is 0.0468. The largest absolute Gasteiger partial charge is 0.453 e. The lowest BCUT2D eigenvalue weighted by Crippen LogP contribution is -2.14. The summed E-state index contributed by atoms with van der Waals surface area (Å²) in [5.74, 6) is -0.124. The van der Waals surface area contributed by atoms with E-state index in [9.17, 15) is 9.59 Å². The Labute approximate surface area is 184 Å². The highest BCUT2D eigenvalue weighted by molar-refractivity contribution is 7.20. The highest BCUT2D eigenvalue weighted by Crippen LogP contribution is 2.31. The van der Waals surface area contributed by atoms with Crippen LogP contribution in [0.2, 0.25) is 0 Å². The maximum absolute atomic E-state index is 12.7. The number of ether oxygens (including phenoxy) is 1. The van der Waals surface area contributed by atoms with Crippen molar-refractivity contribution in [2.45, 2.75) is 27.4 Å². The lowest BCUT2D eigenvalue weighted by atomic mass is 10.2. The molecule has 1 N–H and O–H groups in total. The molecule has 31 heavy (non-hydrogen) atoms. The summed E-state index contributed by atoms with van der Waals surface area (Å²) in [6.07, 6.45) is 0. The van der Waals surface area contributed by atoms with Crippen molar-refractivity contribution in [3.63, 3.8) is 0 Å². The molecule has 1 aromatic carbocycles. The van der Waals surface area contributed by atoms with Gasteiger partial charge in [-0.25, -0.2) is 14.5 Å². The van der Waals surface area contributed by atoms with E-state index in [-0.39, 0.29) is 12.2 Å². The Balaban J connectivity index is 1.41. The molecule has 0 saturated carbocycles. The second-order valence-corrected chi connectivity index (χ2v) is 9.45. The maximum Gasteiger partial charge on any atom is 0.348 e. The van der Waals surface area contributed by atoms with Gasteiger partial charge in [-0.1, -0.05) is 18.2 Å². The molecule has 4 aromatic heterocycles. The van der Waals surface area contributed by atoms with Gasteiger partial charge in [0, 0.05) is 10.3 Å². The van der Waals surface area contributed by atoms with Crippen molar-refractivity contribution in [2.24, 2.45) is 0 Å². The molecule has 4 heterocycles. The number of thiophene rings is 2. The molecule has 156 valence electrons. The van der Waals surface area contributed by atoms with Crippen molar-refractivity contribution in [1.82, 2.24) is 19.7 Å². The van der Waals surface area contributed by atoms with Gasteiger partial charge in [0.1, 0.15) is 27.0 Å². The van der Waals surface area contributed by atoms with Crippen LogP contribution in [0, 0.1) is 20.8 Å². The molecule has 5 aromatic rings. The molecule has 0 bridgehead atoms. The van der Waals surface area contributed by atoms with Gasteiger partial charge in [0.2, 0.25) is 0 Å². The average Bonchev–Trinajstić information content (AvgIpc) is 3.41. The maximum atomic E-state index is 12.7. The predicted octanol–water partition coefficient (Wildman–Crippen LogP) is 4.67. The van der Waals surface area contributed by atoms with Crippen LogP contribution in [0.4, 0.5) is 0 Å². The summed E-state index contributed by atoms with van der Waals surface area (Å²) in [6.45, 7) is 5.68. The van der Waals surface area contributed by atoms with Crippen LogP contribution >= 0.6 is 22.7 Å². The van der Waals surface area contributed by atoms with Gasteiger partial charge in [-0.05, 0) is 44.5 Å². The van der Waals surface area contributed by atoms with Gasteiger partial charge in [-0.3, -0.25) is 4.79 Å². The van der Waals surface area contributed by atoms with E-state index in [1.807, 2.05) is 55.8 Å². The number of aromatic amines is 1. The Hall–Kier alpha value is -3.30. The number of fused-ring (bicyclic) bond motifs is 2. The molecule has 7 nitrogen and oxygen atoms in total. The van der Waals surface area contributed by atoms with Gasteiger partial charge < -0.3 is 9.72 Å². The number of para-hydroxylation sites is 1. The van der Waals surface area contributed by atoms with Gasteiger partial charge in [0.05, 0.1) is 16.8 Å². The van der Waals surface area contributed by atoms with Crippen molar-refractivity contribution in [2.75, 3.05) is 0 Å². The van der Waals surface area contributed by atoms with E-state index >= 15 is 0 Å². The molecule has 0 amide bonds. The fourth-order valence-electron chi connectivity index (χ4n) is 3.46. The molecule has 0 fully saturated rings. The summed E-state index contributed by atoms with van der Waals surface area (Å²) >= 11 is 2.79. The van der Waals surface area contributed by atoms with Gasteiger partial charge in [-0.2, -0.15) is 5.10 Å². The highest BCUT2D eigenvalue weighted by Gasteiger charge is 2.19. The Kier molecular flexibility index (Phi) is 4.71. The van der Waals surface area contributed by atoms with E-state index in [0.717, 1.165) is 32.0 Å². The first-order valence-corrected chi connectivity index (χ1v) is 11.3. The number of nitrogens with zero attached hydrogens (tertiary/aromatic N) is 3. The third-order valence-corrected chi connectivity index (χ3v) is 7.37. The van der Waals surface area contributed by atoms with Gasteiger partial charge in [0.15, 0.2) is 0 Å². The molecule has 0 saturated heterocycles. The summed E-state index contributed by atoms with van der Waals surface area (Å²) in [7, 11) is 0. The molecule has 0 atom stereocenters. The second-order valence-electron chi connectivity index (χ2n) is 7.21. The molecule has 9 heteroatoms. The van der Waals surface area contributed by atoms with E-state index in [1.54, 1.807) is 6.07 Å². The number of hydrogen-bond donors (Lipinski definition) is 1. The molecule has 0 radical (unpaired) electrons. The first kappa shape index (κ1) is 19.7. The van der Waals surface area contributed by atoms with E-state index in [1.165, 1.54) is 22.7 Å². The van der Waals surface area contributed by atoms with Crippen molar-refractivity contribution in [3.8, 4) is 5.69 Å². The minimum Gasteiger partial charge on any atom is -0.453 e. The van der Waals surface area contributed by atoms with Crippen molar-refractivity contribution in [3.05, 3.63) is 73.6 Å². The van der Waals surface area contributed by atoms with Crippen LogP contribution in [-0.2, 0) is 11.3 Å². The van der Waals surface area contributed by atoms with Crippen LogP contribution in [0.25, 0.3) is 26.1 Å². The molecule has 5 rings (SSSR count). The van der Waals surface area contributed by atoms with Crippen LogP contribution in [0.15, 0.2) is 41.2 Å². The van der Waals surface area contributed by atoms with Crippen LogP contribution in [0.3, 0.4) is 0 Å². The SMILES string of the molecule is Cc1sc2nc(COC(=O)c3cc4c(C)nn(-c5ccccc5)c4s3)[nH]c(=O)c2c1C. The number of benzene rings is 1. The van der Waals surface area contributed by atoms with Crippen molar-refractivity contribution in [1.29, 1.82) is 0 Å². The number of hydrogen-bond acceptors (Lipinski definition) is 7. The van der Waals surface area contributed by atoms with Crippen LogP contribution < -0.4 is 5.56 Å². The number of H-pyrrole nitrogens is 1. The fourth-order valence-corrected chi connectivity index (χ4v) is 5.59. The van der Waals surface area contributed by atoms with E-state index < -0.39 is 5.97 Å². The monoisotopic (exact) mass is 450 g/mol. The zero-order chi connectivity index (χ0) is 21.7. The second kappa shape index (κ2) is 7.44. The van der Waals surface area contributed by atoms with E-state index in [0.29, 0.717) is 20.9 Å². The summed E-state index contributed by atoms with van der Waals surface area (Å²) in [5, 5.41) is 6.10. The smallest absolute Gasteiger partial charge is 0.348 e. The molecule has 0 spiro atoms. The number of aryl methyl sites for hydroxylation is 3. The molecule has 0 aliphatic rings. The molecule has 0 aliphatic carbocycles. The van der Waals surface area contributed by atoms with Gasteiger partial charge in [-0.15, -0.1) is 22.7 Å². The highest BCUT2D eigenvalue weighted by atomic mass is 32.1. The van der Waals surface area contributed by atoms with E-state index in [2.05, 4.69) is 15.1 Å². The third kappa shape index (κ3) is 3.35. The number of aromatic nitrogens is 4. The standard InChI is InChI=1S/C22H18N4O3S2/c1-11-13(3)30-20-18(11)19(27)23-17(24-20)10-29-22(28)16-9-15-12(2)25-26(21(15)31-16)14-7-5-4-6-8-14/h4-9H,10H2,1-3H3,(H,23,24,27). The summed E-state index contributed by atoms with van der Waals surface area (Å²) in [5.41, 5.74) is 2.50. The van der Waals surface area contributed by atoms with Crippen molar-refractivity contribution >= 4 is 49.1 Å². The number of carbonyl (C=O) groups is 1. The summed E-state index contributed by atoms with van der Waals surface area (Å²) < 4.78 is 7.29. The third-order valence-electron chi connectivity index (χ3n) is 5.17. The number of rotatable bonds is 4. The molecule has 0 aliphatic heterocycles. The minimum atomic E-state index is -0.457. The first-order chi connectivity index (χ1) is 14.9. The van der Waals surface area contributed by atoms with Crippen LogP contribution in [-0.4, -0.2) is 25.7 Å². The number of carbonyl (C=O) groups excluding carboxylic acids is 1. The molecular weight excluding hydrogens is 432 g/mol. The Morgan fingerprint density at radius 2 is 1.94 bits per heavy atom. The summed E-state index contributed by atoms with van der Waals surface area (Å²) in [4.78, 5) is 35.3. The normalized spacial score (nSPS) is 11.5. The summed E-state index contributed by atoms with van der Waals surface area (Å²) in [6, 6.07) is 11.6. The van der Waals surface area contributed by atoms with Gasteiger partial charge in [0.25, 0.3) is 5.56 Å². The Morgan fingerprint density at radius 1 is 1.16 bits per heavy atom. The van der Waals surface area contributed by atoms with Crippen LogP contribution in [0.1, 0.15) is 31.6 Å². The topological polar surface area (TPSA) is 89.9 Å². The first-order valence-electron chi connectivity index (χ1n) is 9.63. The lowest BCUT2D eigenvalue weighted by Gasteiger charge is -2.03. The fraction of sp³-hybridized carbons (Fsp3) is 0.182. The molecule has 0 unspecified atom stereocenters. The van der Waals surface area contributed by atoms with E-state index in [4.69, 9.17) is 4.74 Å². The number of nitrogens with one attached hydrogen (secondary N) is 1.